The Balaban J connectivity index is 1.57. The first-order chi connectivity index (χ1) is 13.0. The van der Waals surface area contributed by atoms with Crippen LogP contribution in [-0.4, -0.2) is 57.9 Å². The van der Waals surface area contributed by atoms with Crippen molar-refractivity contribution >= 4 is 29.6 Å². The molecule has 1 aromatic rings. The molecule has 8 nitrogen and oxygen atoms in total. The van der Waals surface area contributed by atoms with E-state index in [1.807, 2.05) is 6.26 Å². The Morgan fingerprint density at radius 1 is 1.37 bits per heavy atom. The number of nitrogens with two attached hydrogens (primary N) is 1. The molecule has 1 atom stereocenters. The van der Waals surface area contributed by atoms with Gasteiger partial charge in [-0.05, 0) is 56.2 Å². The van der Waals surface area contributed by atoms with Crippen molar-refractivity contribution in [3.63, 3.8) is 0 Å². The number of primary amides is 1. The number of ether oxygens (including phenoxy) is 1. The highest BCUT2D eigenvalue weighted by Crippen LogP contribution is 2.29. The fourth-order valence-corrected chi connectivity index (χ4v) is 4.05. The molecule has 4 amide bonds. The topological polar surface area (TPSA) is 115 Å². The maximum absolute atomic E-state index is 12.6. The Hall–Kier alpha value is -2.29. The number of nitrogens with one attached hydrogen (secondary N) is 1. The molecule has 146 valence electrons. The maximum atomic E-state index is 12.6. The third kappa shape index (κ3) is 4.35. The lowest BCUT2D eigenvalue weighted by molar-refractivity contribution is -0.129. The Morgan fingerprint density at radius 3 is 2.78 bits per heavy atom. The van der Waals surface area contributed by atoms with Crippen LogP contribution in [0.3, 0.4) is 0 Å². The molecule has 9 heteroatoms. The number of carbonyl (C=O) groups is 3. The van der Waals surface area contributed by atoms with Gasteiger partial charge in [-0.15, -0.1) is 0 Å². The normalized spacial score (nSPS) is 25.4. The van der Waals surface area contributed by atoms with Gasteiger partial charge in [0.15, 0.2) is 0 Å². The quantitative estimate of drug-likeness (QED) is 0.680. The molecule has 3 rings (SSSR count). The molecule has 2 heterocycles. The first kappa shape index (κ1) is 19.5. The predicted molar refractivity (Wildman–Crippen MR) is 102 cm³/mol. The summed E-state index contributed by atoms with van der Waals surface area (Å²) in [4.78, 5) is 41.8. The molecular formula is C18H24N4O4S. The first-order valence-corrected chi connectivity index (χ1v) is 10.4. The molecule has 0 unspecified atom stereocenters. The zero-order valence-corrected chi connectivity index (χ0v) is 16.0. The van der Waals surface area contributed by atoms with Crippen molar-refractivity contribution < 1.29 is 19.1 Å². The monoisotopic (exact) mass is 392 g/mol. The van der Waals surface area contributed by atoms with Gasteiger partial charge in [-0.2, -0.15) is 11.8 Å². The average molecular weight is 392 g/mol. The van der Waals surface area contributed by atoms with Crippen molar-refractivity contribution in [2.24, 2.45) is 5.73 Å². The highest BCUT2D eigenvalue weighted by molar-refractivity contribution is 7.98. The van der Waals surface area contributed by atoms with E-state index in [0.29, 0.717) is 32.1 Å². The van der Waals surface area contributed by atoms with Crippen LogP contribution >= 0.6 is 11.8 Å². The van der Waals surface area contributed by atoms with E-state index < -0.39 is 11.9 Å². The summed E-state index contributed by atoms with van der Waals surface area (Å²) in [7, 11) is 0. The van der Waals surface area contributed by atoms with Gasteiger partial charge in [-0.1, -0.05) is 0 Å². The second kappa shape index (κ2) is 8.60. The molecule has 1 aromatic heterocycles. The van der Waals surface area contributed by atoms with E-state index in [0.717, 1.165) is 5.75 Å². The summed E-state index contributed by atoms with van der Waals surface area (Å²) in [6.45, 7) is 0. The molecule has 0 spiro atoms. The Labute approximate surface area is 162 Å². The zero-order valence-electron chi connectivity index (χ0n) is 15.2. The van der Waals surface area contributed by atoms with E-state index in [4.69, 9.17) is 10.5 Å². The fourth-order valence-electron chi connectivity index (χ4n) is 3.58. The van der Waals surface area contributed by atoms with Crippen molar-refractivity contribution in [1.82, 2.24) is 15.2 Å². The molecule has 1 aliphatic carbocycles. The molecule has 0 bridgehead atoms. The van der Waals surface area contributed by atoms with Gasteiger partial charge in [0.1, 0.15) is 17.7 Å². The highest BCUT2D eigenvalue weighted by Gasteiger charge is 2.42. The van der Waals surface area contributed by atoms with E-state index in [1.165, 1.54) is 4.90 Å². The number of carbonyl (C=O) groups excluding carboxylic acids is 3. The van der Waals surface area contributed by atoms with Gasteiger partial charge in [-0.25, -0.2) is 9.78 Å². The number of hydrogen-bond acceptors (Lipinski definition) is 6. The SMILES string of the molecule is CSCC[C@@H]1NC(=O)N(C2CCC(Oc3ncccc3C(N)=O)CC2)C1=O. The number of hydrogen-bond donors (Lipinski definition) is 2. The third-order valence-corrected chi connectivity index (χ3v) is 5.63. The van der Waals surface area contributed by atoms with Gasteiger partial charge in [-0.3, -0.25) is 14.5 Å². The number of imide groups is 1. The molecule has 0 aromatic carbocycles. The number of thioether (sulfide) groups is 1. The van der Waals surface area contributed by atoms with Crippen molar-refractivity contribution in [2.75, 3.05) is 12.0 Å². The molecule has 2 fully saturated rings. The minimum absolute atomic E-state index is 0.115. The van der Waals surface area contributed by atoms with Crippen molar-refractivity contribution in [3.8, 4) is 5.88 Å². The van der Waals surface area contributed by atoms with E-state index in [-0.39, 0.29) is 35.5 Å². The average Bonchev–Trinajstić information content (AvgIpc) is 2.94. The van der Waals surface area contributed by atoms with Crippen LogP contribution in [0.1, 0.15) is 42.5 Å². The van der Waals surface area contributed by atoms with E-state index in [9.17, 15) is 14.4 Å². The largest absolute Gasteiger partial charge is 0.474 e. The minimum atomic E-state index is -0.581. The molecule has 1 saturated carbocycles. The number of pyridine rings is 1. The molecule has 0 radical (unpaired) electrons. The zero-order chi connectivity index (χ0) is 19.4. The van der Waals surface area contributed by atoms with E-state index in [2.05, 4.69) is 10.3 Å². The number of aromatic nitrogens is 1. The number of urea groups is 1. The lowest BCUT2D eigenvalue weighted by Crippen LogP contribution is -2.44. The van der Waals surface area contributed by atoms with Gasteiger partial charge in [0.25, 0.3) is 11.8 Å². The second-order valence-electron chi connectivity index (χ2n) is 6.76. The molecule has 1 saturated heterocycles. The number of nitrogens with zero attached hydrogens (tertiary/aromatic N) is 2. The number of amides is 4. The maximum Gasteiger partial charge on any atom is 0.325 e. The Bertz CT molecular complexity index is 721. The lowest BCUT2D eigenvalue weighted by Gasteiger charge is -2.33. The molecular weight excluding hydrogens is 368 g/mol. The minimum Gasteiger partial charge on any atom is -0.474 e. The van der Waals surface area contributed by atoms with E-state index in [1.54, 1.807) is 30.1 Å². The van der Waals surface area contributed by atoms with Crippen LogP contribution in [0, 0.1) is 0 Å². The summed E-state index contributed by atoms with van der Waals surface area (Å²) in [5, 5.41) is 2.79. The first-order valence-electron chi connectivity index (χ1n) is 9.05. The predicted octanol–water partition coefficient (Wildman–Crippen LogP) is 1.54. The summed E-state index contributed by atoms with van der Waals surface area (Å²) >= 11 is 1.66. The van der Waals surface area contributed by atoms with Gasteiger partial charge in [0.05, 0.1) is 0 Å². The smallest absolute Gasteiger partial charge is 0.325 e. The van der Waals surface area contributed by atoms with Crippen LogP contribution in [0.25, 0.3) is 0 Å². The van der Waals surface area contributed by atoms with Crippen molar-refractivity contribution in [3.05, 3.63) is 23.9 Å². The summed E-state index contributed by atoms with van der Waals surface area (Å²) in [6, 6.07) is 2.39. The van der Waals surface area contributed by atoms with Crippen LogP contribution in [0.5, 0.6) is 5.88 Å². The third-order valence-electron chi connectivity index (χ3n) is 4.99. The van der Waals surface area contributed by atoms with Crippen molar-refractivity contribution in [1.29, 1.82) is 0 Å². The van der Waals surface area contributed by atoms with Crippen LogP contribution in [-0.2, 0) is 4.79 Å². The summed E-state index contributed by atoms with van der Waals surface area (Å²) in [5.74, 6) is 0.360. The van der Waals surface area contributed by atoms with Gasteiger partial charge < -0.3 is 15.8 Å². The molecule has 2 aliphatic rings. The molecule has 27 heavy (non-hydrogen) atoms. The second-order valence-corrected chi connectivity index (χ2v) is 7.75. The summed E-state index contributed by atoms with van der Waals surface area (Å²) in [6.07, 6.45) is 6.73. The molecule has 3 N–H and O–H groups in total. The van der Waals surface area contributed by atoms with Crippen LogP contribution in [0.4, 0.5) is 4.79 Å². The number of rotatable bonds is 7. The fraction of sp³-hybridized carbons (Fsp3) is 0.556. The molecule has 1 aliphatic heterocycles. The Morgan fingerprint density at radius 2 is 2.11 bits per heavy atom. The van der Waals surface area contributed by atoms with Crippen LogP contribution in [0.15, 0.2) is 18.3 Å². The van der Waals surface area contributed by atoms with E-state index >= 15 is 0 Å². The van der Waals surface area contributed by atoms with Gasteiger partial charge >= 0.3 is 6.03 Å². The summed E-state index contributed by atoms with van der Waals surface area (Å²) in [5.41, 5.74) is 5.61. The van der Waals surface area contributed by atoms with Gasteiger partial charge in [0.2, 0.25) is 5.88 Å². The van der Waals surface area contributed by atoms with Crippen LogP contribution < -0.4 is 15.8 Å². The van der Waals surface area contributed by atoms with Crippen LogP contribution in [0.2, 0.25) is 0 Å². The Kier molecular flexibility index (Phi) is 6.20. The van der Waals surface area contributed by atoms with Crippen molar-refractivity contribution in [2.45, 2.75) is 50.3 Å². The van der Waals surface area contributed by atoms with Gasteiger partial charge in [0, 0.05) is 12.2 Å². The summed E-state index contributed by atoms with van der Waals surface area (Å²) < 4.78 is 5.87. The standard InChI is InChI=1S/C18H24N4O4S/c1-27-10-8-14-17(24)22(18(25)21-14)11-4-6-12(7-5-11)26-16-13(15(19)23)3-2-9-20-16/h2-3,9,11-12,14H,4-8,10H2,1H3,(H2,19,23)(H,21,25)/t11?,12?,14-/m0/s1. The highest BCUT2D eigenvalue weighted by atomic mass is 32.2. The lowest BCUT2D eigenvalue weighted by atomic mass is 9.91.